The number of halogens is 2. The average Bonchev–Trinajstić information content (AvgIpc) is 2.67. The van der Waals surface area contributed by atoms with Gasteiger partial charge in [-0.15, -0.1) is 24.0 Å². The molecule has 1 aromatic rings. The average molecular weight is 556 g/mol. The van der Waals surface area contributed by atoms with E-state index in [2.05, 4.69) is 31.6 Å². The number of rotatable bonds is 9. The Balaban J connectivity index is 0.00000364. The van der Waals surface area contributed by atoms with Crippen LogP contribution in [0.1, 0.15) is 24.8 Å². The Morgan fingerprint density at radius 3 is 2.74 bits per heavy atom. The van der Waals surface area contributed by atoms with Gasteiger partial charge in [0.25, 0.3) is 0 Å². The van der Waals surface area contributed by atoms with Crippen molar-refractivity contribution in [3.05, 3.63) is 28.2 Å². The predicted octanol–water partition coefficient (Wildman–Crippen LogP) is 3.57. The molecule has 8 heteroatoms. The van der Waals surface area contributed by atoms with Gasteiger partial charge in [-0.2, -0.15) is 0 Å². The van der Waals surface area contributed by atoms with Crippen molar-refractivity contribution in [2.45, 2.75) is 25.8 Å². The zero-order chi connectivity index (χ0) is 18.6. The van der Waals surface area contributed by atoms with Crippen LogP contribution >= 0.6 is 39.9 Å². The van der Waals surface area contributed by atoms with Gasteiger partial charge in [-0.1, -0.05) is 6.07 Å². The highest BCUT2D eigenvalue weighted by molar-refractivity contribution is 14.0. The molecule has 1 aliphatic heterocycles. The first-order valence-electron chi connectivity index (χ1n) is 9.15. The summed E-state index contributed by atoms with van der Waals surface area (Å²) in [4.78, 5) is 4.25. The Labute approximate surface area is 188 Å². The molecule has 0 spiro atoms. The molecule has 2 N–H and O–H groups in total. The maximum absolute atomic E-state index is 5.78. The number of hydrogen-bond acceptors (Lipinski definition) is 4. The molecule has 0 amide bonds. The summed E-state index contributed by atoms with van der Waals surface area (Å²) in [5.41, 5.74) is 1.15. The van der Waals surface area contributed by atoms with Crippen LogP contribution in [0.4, 0.5) is 0 Å². The van der Waals surface area contributed by atoms with E-state index in [1.54, 1.807) is 14.2 Å². The first-order chi connectivity index (χ1) is 12.7. The van der Waals surface area contributed by atoms with Gasteiger partial charge in [0.2, 0.25) is 0 Å². The molecule has 1 aromatic carbocycles. The summed E-state index contributed by atoms with van der Waals surface area (Å²) in [5.74, 6) is 2.29. The topological polar surface area (TPSA) is 64.1 Å². The van der Waals surface area contributed by atoms with E-state index >= 15 is 0 Å². The Hall–Kier alpha value is -0.580. The van der Waals surface area contributed by atoms with Crippen LogP contribution in [0.2, 0.25) is 0 Å². The SMILES string of the molecule is CN=C(NCCCOCC1CCOCC1)NCc1ccc(OC)c(Br)c1.I. The number of ether oxygens (including phenoxy) is 3. The minimum absolute atomic E-state index is 0. The summed E-state index contributed by atoms with van der Waals surface area (Å²) < 4.78 is 17.3. The lowest BCUT2D eigenvalue weighted by Gasteiger charge is -2.21. The molecular weight excluding hydrogens is 525 g/mol. The third kappa shape index (κ3) is 9.45. The van der Waals surface area contributed by atoms with Crippen LogP contribution in [0.3, 0.4) is 0 Å². The lowest BCUT2D eigenvalue weighted by Crippen LogP contribution is -2.37. The normalized spacial score (nSPS) is 15.1. The van der Waals surface area contributed by atoms with Gasteiger partial charge in [0.05, 0.1) is 11.6 Å². The molecule has 27 heavy (non-hydrogen) atoms. The van der Waals surface area contributed by atoms with Crippen LogP contribution in [0.5, 0.6) is 5.75 Å². The maximum Gasteiger partial charge on any atom is 0.191 e. The molecule has 0 aliphatic carbocycles. The quantitative estimate of drug-likeness (QED) is 0.211. The van der Waals surface area contributed by atoms with E-state index in [1.165, 1.54) is 0 Å². The minimum Gasteiger partial charge on any atom is -0.496 e. The third-order valence-corrected chi connectivity index (χ3v) is 4.97. The number of methoxy groups -OCH3 is 1. The summed E-state index contributed by atoms with van der Waals surface area (Å²) in [7, 11) is 3.44. The van der Waals surface area contributed by atoms with Gasteiger partial charge in [-0.3, -0.25) is 4.99 Å². The predicted molar refractivity (Wildman–Crippen MR) is 123 cm³/mol. The van der Waals surface area contributed by atoms with Crippen molar-refractivity contribution in [3.8, 4) is 5.75 Å². The second kappa shape index (κ2) is 14.4. The molecule has 0 radical (unpaired) electrons. The van der Waals surface area contributed by atoms with E-state index in [1.807, 2.05) is 18.2 Å². The Kier molecular flexibility index (Phi) is 13.1. The number of hydrogen-bond donors (Lipinski definition) is 2. The fourth-order valence-electron chi connectivity index (χ4n) is 2.77. The second-order valence-electron chi connectivity index (χ2n) is 6.31. The van der Waals surface area contributed by atoms with Gasteiger partial charge in [0.1, 0.15) is 5.75 Å². The number of nitrogens with zero attached hydrogens (tertiary/aromatic N) is 1. The molecule has 2 rings (SSSR count). The van der Waals surface area contributed by atoms with Gasteiger partial charge in [0.15, 0.2) is 5.96 Å². The Morgan fingerprint density at radius 1 is 1.30 bits per heavy atom. The molecule has 0 aromatic heterocycles. The van der Waals surface area contributed by atoms with Gasteiger partial charge in [-0.25, -0.2) is 0 Å². The fraction of sp³-hybridized carbons (Fsp3) is 0.632. The van der Waals surface area contributed by atoms with Crippen molar-refractivity contribution in [2.24, 2.45) is 10.9 Å². The van der Waals surface area contributed by atoms with E-state index in [9.17, 15) is 0 Å². The summed E-state index contributed by atoms with van der Waals surface area (Å²) in [6, 6.07) is 6.03. The lowest BCUT2D eigenvalue weighted by atomic mass is 10.0. The van der Waals surface area contributed by atoms with Crippen LogP contribution in [0.15, 0.2) is 27.7 Å². The highest BCUT2D eigenvalue weighted by Crippen LogP contribution is 2.25. The number of nitrogens with one attached hydrogen (secondary N) is 2. The molecule has 1 saturated heterocycles. The van der Waals surface area contributed by atoms with Crippen molar-refractivity contribution >= 4 is 45.9 Å². The monoisotopic (exact) mass is 555 g/mol. The summed E-state index contributed by atoms with van der Waals surface area (Å²) in [6.45, 7) is 4.91. The first-order valence-corrected chi connectivity index (χ1v) is 9.94. The van der Waals surface area contributed by atoms with Crippen molar-refractivity contribution < 1.29 is 14.2 Å². The molecule has 0 atom stereocenters. The zero-order valence-corrected chi connectivity index (χ0v) is 20.0. The van der Waals surface area contributed by atoms with Crippen molar-refractivity contribution in [1.82, 2.24) is 10.6 Å². The molecule has 0 saturated carbocycles. The van der Waals surface area contributed by atoms with E-state index < -0.39 is 0 Å². The van der Waals surface area contributed by atoms with Crippen LogP contribution in [0, 0.1) is 5.92 Å². The largest absolute Gasteiger partial charge is 0.496 e. The van der Waals surface area contributed by atoms with Crippen molar-refractivity contribution in [2.75, 3.05) is 47.1 Å². The van der Waals surface area contributed by atoms with Crippen LogP contribution in [-0.4, -0.2) is 53.1 Å². The van der Waals surface area contributed by atoms with Gasteiger partial charge < -0.3 is 24.8 Å². The zero-order valence-electron chi connectivity index (χ0n) is 16.1. The van der Waals surface area contributed by atoms with Crippen molar-refractivity contribution in [1.29, 1.82) is 0 Å². The van der Waals surface area contributed by atoms with E-state index in [0.717, 1.165) is 74.0 Å². The van der Waals surface area contributed by atoms with Gasteiger partial charge in [0, 0.05) is 46.6 Å². The summed E-state index contributed by atoms with van der Waals surface area (Å²) >= 11 is 3.51. The number of guanidine groups is 1. The summed E-state index contributed by atoms with van der Waals surface area (Å²) in [5, 5.41) is 6.63. The molecule has 6 nitrogen and oxygen atoms in total. The second-order valence-corrected chi connectivity index (χ2v) is 7.16. The Morgan fingerprint density at radius 2 is 2.07 bits per heavy atom. The Bertz CT molecular complexity index is 569. The molecule has 154 valence electrons. The number of benzene rings is 1. The highest BCUT2D eigenvalue weighted by atomic mass is 127. The number of aliphatic imine (C=N–C) groups is 1. The maximum atomic E-state index is 5.78. The van der Waals surface area contributed by atoms with Crippen LogP contribution < -0.4 is 15.4 Å². The van der Waals surface area contributed by atoms with Crippen LogP contribution in [-0.2, 0) is 16.0 Å². The summed E-state index contributed by atoms with van der Waals surface area (Å²) in [6.07, 6.45) is 3.20. The highest BCUT2D eigenvalue weighted by Gasteiger charge is 2.13. The molecule has 0 unspecified atom stereocenters. The van der Waals surface area contributed by atoms with E-state index in [-0.39, 0.29) is 24.0 Å². The lowest BCUT2D eigenvalue weighted by molar-refractivity contribution is 0.0203. The van der Waals surface area contributed by atoms with Crippen LogP contribution in [0.25, 0.3) is 0 Å². The molecular formula is C19H31BrIN3O3. The van der Waals surface area contributed by atoms with E-state index in [4.69, 9.17) is 14.2 Å². The standard InChI is InChI=1S/C19H30BrN3O3.HI/c1-21-19(23-13-16-4-5-18(24-2)17(20)12-16)22-8-3-9-26-14-15-6-10-25-11-7-15;/h4-5,12,15H,3,6-11,13-14H2,1-2H3,(H2,21,22,23);1H. The van der Waals surface area contributed by atoms with E-state index in [0.29, 0.717) is 12.5 Å². The van der Waals surface area contributed by atoms with Crippen molar-refractivity contribution in [3.63, 3.8) is 0 Å². The third-order valence-electron chi connectivity index (χ3n) is 4.35. The fourth-order valence-corrected chi connectivity index (χ4v) is 3.36. The minimum atomic E-state index is 0. The smallest absolute Gasteiger partial charge is 0.191 e. The first kappa shape index (κ1) is 24.5. The van der Waals surface area contributed by atoms with Gasteiger partial charge >= 0.3 is 0 Å². The molecule has 0 bridgehead atoms. The van der Waals surface area contributed by atoms with Gasteiger partial charge in [-0.05, 0) is 58.8 Å². The molecule has 1 heterocycles. The molecule has 1 aliphatic rings. The molecule has 1 fully saturated rings.